The van der Waals surface area contributed by atoms with Crippen LogP contribution in [-0.4, -0.2) is 35.7 Å². The Hall–Kier alpha value is -1.55. The number of carbonyl (C=O) groups excluding carboxylic acids is 1. The van der Waals surface area contributed by atoms with Crippen molar-refractivity contribution in [3.05, 3.63) is 34.9 Å². The summed E-state index contributed by atoms with van der Waals surface area (Å²) < 4.78 is 5.45. The highest BCUT2D eigenvalue weighted by Gasteiger charge is 2.30. The molecule has 1 aromatic carbocycles. The topological polar surface area (TPSA) is 41.6 Å². The Labute approximate surface area is 140 Å². The molecule has 1 amide bonds. The molecule has 1 saturated heterocycles. The average molecular weight is 318 g/mol. The first kappa shape index (κ1) is 17.8. The van der Waals surface area contributed by atoms with Gasteiger partial charge in [-0.2, -0.15) is 0 Å². The zero-order valence-corrected chi connectivity index (χ0v) is 15.3. The lowest BCUT2D eigenvalue weighted by molar-refractivity contribution is 0.0290. The molecule has 2 unspecified atom stereocenters. The molecule has 128 valence electrons. The van der Waals surface area contributed by atoms with Gasteiger partial charge >= 0.3 is 6.09 Å². The summed E-state index contributed by atoms with van der Waals surface area (Å²) in [6.07, 6.45) is 0.759. The van der Waals surface area contributed by atoms with Crippen molar-refractivity contribution in [2.24, 2.45) is 0 Å². The molecule has 1 aromatic rings. The lowest BCUT2D eigenvalue weighted by Crippen LogP contribution is -2.39. The molecule has 1 aliphatic rings. The van der Waals surface area contributed by atoms with Crippen LogP contribution in [-0.2, 0) is 4.74 Å². The molecule has 0 saturated carbocycles. The van der Waals surface area contributed by atoms with Crippen LogP contribution in [0.2, 0.25) is 0 Å². The van der Waals surface area contributed by atoms with Gasteiger partial charge in [-0.15, -0.1) is 0 Å². The first-order valence-corrected chi connectivity index (χ1v) is 8.46. The van der Waals surface area contributed by atoms with E-state index in [9.17, 15) is 4.79 Å². The molecular formula is C19H30N2O2. The predicted molar refractivity (Wildman–Crippen MR) is 93.7 cm³/mol. The van der Waals surface area contributed by atoms with Gasteiger partial charge in [-0.3, -0.25) is 0 Å². The molecule has 0 aromatic heterocycles. The maximum atomic E-state index is 12.1. The van der Waals surface area contributed by atoms with Crippen molar-refractivity contribution in [2.45, 2.75) is 65.6 Å². The molecule has 0 aliphatic carbocycles. The van der Waals surface area contributed by atoms with Gasteiger partial charge in [0, 0.05) is 25.2 Å². The third-order valence-electron chi connectivity index (χ3n) is 4.07. The van der Waals surface area contributed by atoms with Crippen LogP contribution < -0.4 is 5.32 Å². The first-order chi connectivity index (χ1) is 10.6. The second kappa shape index (κ2) is 6.91. The van der Waals surface area contributed by atoms with E-state index in [1.165, 1.54) is 16.7 Å². The molecule has 0 radical (unpaired) electrons. The maximum absolute atomic E-state index is 12.1. The average Bonchev–Trinajstić information content (AvgIpc) is 2.84. The third kappa shape index (κ3) is 5.24. The molecule has 4 heteroatoms. The summed E-state index contributed by atoms with van der Waals surface area (Å²) in [6, 6.07) is 7.24. The quantitative estimate of drug-likeness (QED) is 0.917. The molecule has 1 aliphatic heterocycles. The van der Waals surface area contributed by atoms with E-state index >= 15 is 0 Å². The number of rotatable bonds is 3. The van der Waals surface area contributed by atoms with E-state index in [0.29, 0.717) is 12.6 Å². The summed E-state index contributed by atoms with van der Waals surface area (Å²) in [7, 11) is 0. The van der Waals surface area contributed by atoms with Crippen molar-refractivity contribution in [2.75, 3.05) is 13.1 Å². The Bertz CT molecular complexity index is 543. The zero-order valence-electron chi connectivity index (χ0n) is 15.3. The number of hydrogen-bond donors (Lipinski definition) is 1. The Balaban J connectivity index is 1.91. The lowest BCUT2D eigenvalue weighted by atomic mass is 10.0. The largest absolute Gasteiger partial charge is 0.444 e. The van der Waals surface area contributed by atoms with Crippen LogP contribution in [0.5, 0.6) is 0 Å². The van der Waals surface area contributed by atoms with Crippen LogP contribution in [0.3, 0.4) is 0 Å². The minimum absolute atomic E-state index is 0.208. The van der Waals surface area contributed by atoms with Gasteiger partial charge in [-0.05, 0) is 53.5 Å². The van der Waals surface area contributed by atoms with Crippen molar-refractivity contribution >= 4 is 6.09 Å². The van der Waals surface area contributed by atoms with Gasteiger partial charge in [0.25, 0.3) is 0 Å². The van der Waals surface area contributed by atoms with Crippen LogP contribution in [0.1, 0.15) is 56.8 Å². The van der Waals surface area contributed by atoms with Crippen LogP contribution in [0.4, 0.5) is 4.79 Å². The number of benzene rings is 1. The molecule has 1 heterocycles. The van der Waals surface area contributed by atoms with E-state index in [0.717, 1.165) is 13.0 Å². The summed E-state index contributed by atoms with van der Waals surface area (Å²) in [5, 5.41) is 3.65. The highest BCUT2D eigenvalue weighted by atomic mass is 16.6. The number of amides is 1. The third-order valence-corrected chi connectivity index (χ3v) is 4.07. The predicted octanol–water partition coefficient (Wildman–Crippen LogP) is 3.96. The zero-order chi connectivity index (χ0) is 17.2. The molecule has 1 fully saturated rings. The summed E-state index contributed by atoms with van der Waals surface area (Å²) in [6.45, 7) is 13.6. The van der Waals surface area contributed by atoms with Gasteiger partial charge in [0.15, 0.2) is 0 Å². The Kier molecular flexibility index (Phi) is 5.35. The number of nitrogens with one attached hydrogen (secondary N) is 1. The number of aryl methyl sites for hydroxylation is 2. The SMILES string of the molecule is Cc1cc(C)cc(C(C)NC2CCN(C(=O)OC(C)(C)C)C2)c1. The van der Waals surface area contributed by atoms with Gasteiger partial charge < -0.3 is 15.0 Å². The van der Waals surface area contributed by atoms with Crippen molar-refractivity contribution < 1.29 is 9.53 Å². The highest BCUT2D eigenvalue weighted by molar-refractivity contribution is 5.68. The van der Waals surface area contributed by atoms with E-state index in [1.807, 2.05) is 20.8 Å². The van der Waals surface area contributed by atoms with E-state index in [2.05, 4.69) is 44.3 Å². The molecule has 2 atom stereocenters. The molecule has 23 heavy (non-hydrogen) atoms. The first-order valence-electron chi connectivity index (χ1n) is 8.46. The van der Waals surface area contributed by atoms with E-state index in [1.54, 1.807) is 4.90 Å². The Morgan fingerprint density at radius 1 is 1.26 bits per heavy atom. The van der Waals surface area contributed by atoms with Gasteiger partial charge in [-0.1, -0.05) is 29.3 Å². The fourth-order valence-corrected chi connectivity index (χ4v) is 3.10. The van der Waals surface area contributed by atoms with Crippen molar-refractivity contribution in [1.29, 1.82) is 0 Å². The van der Waals surface area contributed by atoms with E-state index in [-0.39, 0.29) is 12.1 Å². The second-order valence-corrected chi connectivity index (χ2v) is 7.72. The number of nitrogens with zero attached hydrogens (tertiary/aromatic N) is 1. The number of hydrogen-bond acceptors (Lipinski definition) is 3. The number of ether oxygens (including phenoxy) is 1. The molecule has 1 N–H and O–H groups in total. The van der Waals surface area contributed by atoms with Crippen LogP contribution in [0.25, 0.3) is 0 Å². The summed E-state index contributed by atoms with van der Waals surface area (Å²) in [5.41, 5.74) is 3.44. The van der Waals surface area contributed by atoms with Crippen molar-refractivity contribution in [3.8, 4) is 0 Å². The fraction of sp³-hybridized carbons (Fsp3) is 0.632. The molecular weight excluding hydrogens is 288 g/mol. The molecule has 0 spiro atoms. The maximum Gasteiger partial charge on any atom is 0.410 e. The van der Waals surface area contributed by atoms with Crippen LogP contribution in [0, 0.1) is 13.8 Å². The minimum atomic E-state index is -0.436. The van der Waals surface area contributed by atoms with Gasteiger partial charge in [0.2, 0.25) is 0 Å². The monoisotopic (exact) mass is 318 g/mol. The highest BCUT2D eigenvalue weighted by Crippen LogP contribution is 2.20. The number of likely N-dealkylation sites (tertiary alicyclic amines) is 1. The summed E-state index contributed by atoms with van der Waals surface area (Å²) >= 11 is 0. The van der Waals surface area contributed by atoms with Crippen molar-refractivity contribution in [1.82, 2.24) is 10.2 Å². The normalized spacial score (nSPS) is 19.7. The molecule has 0 bridgehead atoms. The van der Waals surface area contributed by atoms with E-state index < -0.39 is 5.60 Å². The minimum Gasteiger partial charge on any atom is -0.444 e. The smallest absolute Gasteiger partial charge is 0.410 e. The van der Waals surface area contributed by atoms with E-state index in [4.69, 9.17) is 4.74 Å². The van der Waals surface area contributed by atoms with Gasteiger partial charge in [-0.25, -0.2) is 4.79 Å². The number of carbonyl (C=O) groups is 1. The van der Waals surface area contributed by atoms with Crippen LogP contribution >= 0.6 is 0 Å². The summed E-state index contributed by atoms with van der Waals surface area (Å²) in [5.74, 6) is 0. The molecule has 2 rings (SSSR count). The molecule has 4 nitrogen and oxygen atoms in total. The van der Waals surface area contributed by atoms with Gasteiger partial charge in [0.1, 0.15) is 5.60 Å². The fourth-order valence-electron chi connectivity index (χ4n) is 3.10. The summed E-state index contributed by atoms with van der Waals surface area (Å²) in [4.78, 5) is 13.9. The lowest BCUT2D eigenvalue weighted by Gasteiger charge is -2.25. The van der Waals surface area contributed by atoms with Crippen LogP contribution in [0.15, 0.2) is 18.2 Å². The Morgan fingerprint density at radius 2 is 1.87 bits per heavy atom. The standard InChI is InChI=1S/C19H30N2O2/c1-13-9-14(2)11-16(10-13)15(3)20-17-7-8-21(12-17)18(22)23-19(4,5)6/h9-11,15,17,20H,7-8,12H2,1-6H3. The Morgan fingerprint density at radius 3 is 2.43 bits per heavy atom. The van der Waals surface area contributed by atoms with Crippen molar-refractivity contribution in [3.63, 3.8) is 0 Å². The second-order valence-electron chi connectivity index (χ2n) is 7.72. The van der Waals surface area contributed by atoms with Gasteiger partial charge in [0.05, 0.1) is 0 Å².